The number of allylic oxidation sites excluding steroid dienone is 2. The third kappa shape index (κ3) is 6.19. The number of aromatic nitrogens is 1. The van der Waals surface area contributed by atoms with Crippen LogP contribution in [0, 0.1) is 0 Å². The lowest BCUT2D eigenvalue weighted by molar-refractivity contribution is -0.133. The molecule has 0 saturated carbocycles. The number of carbonyl (C=O) groups excluding carboxylic acids is 3. The Bertz CT molecular complexity index is 1220. The minimum Gasteiger partial charge on any atom is -0.465 e. The summed E-state index contributed by atoms with van der Waals surface area (Å²) in [6.45, 7) is 13.7. The van der Waals surface area contributed by atoms with E-state index in [1.807, 2.05) is 47.5 Å². The fourth-order valence-corrected chi connectivity index (χ4v) is 4.74. The van der Waals surface area contributed by atoms with Gasteiger partial charge >= 0.3 is 12.1 Å². The maximum atomic E-state index is 13.3. The second-order valence-electron chi connectivity index (χ2n) is 9.86. The van der Waals surface area contributed by atoms with E-state index in [0.29, 0.717) is 42.9 Å². The van der Waals surface area contributed by atoms with Crippen LogP contribution in [-0.4, -0.2) is 62.2 Å². The number of hydrogen-bond donors (Lipinski definition) is 0. The van der Waals surface area contributed by atoms with Gasteiger partial charge in [0.1, 0.15) is 0 Å². The Morgan fingerprint density at radius 1 is 1.14 bits per heavy atom. The van der Waals surface area contributed by atoms with Crippen molar-refractivity contribution in [3.8, 4) is 0 Å². The van der Waals surface area contributed by atoms with Gasteiger partial charge in [-0.1, -0.05) is 56.6 Å². The Hall–Kier alpha value is -3.39. The Morgan fingerprint density at radius 2 is 1.86 bits per heavy atom. The number of ketones is 1. The van der Waals surface area contributed by atoms with Crippen molar-refractivity contribution in [3.05, 3.63) is 66.0 Å². The van der Waals surface area contributed by atoms with E-state index in [0.717, 1.165) is 17.0 Å². The van der Waals surface area contributed by atoms with Gasteiger partial charge in [-0.3, -0.25) is 4.79 Å². The van der Waals surface area contributed by atoms with Gasteiger partial charge in [0.15, 0.2) is 5.78 Å². The molecule has 1 aromatic heterocycles. The summed E-state index contributed by atoms with van der Waals surface area (Å²) in [5.74, 6) is -0.603. The number of rotatable bonds is 9. The van der Waals surface area contributed by atoms with Gasteiger partial charge in [-0.25, -0.2) is 14.2 Å². The molecule has 35 heavy (non-hydrogen) atoms. The zero-order valence-corrected chi connectivity index (χ0v) is 22.2. The number of hydrogen-bond acceptors (Lipinski definition) is 6. The SMILES string of the molecule is C=C(C(=O)OC)c1c(CCN2C=C(C(C)=O)C=CC2)c2ccccc2n1C(=O)OCC[Si](C)(C)C. The van der Waals surface area contributed by atoms with Crippen molar-refractivity contribution in [2.45, 2.75) is 39.0 Å². The largest absolute Gasteiger partial charge is 0.465 e. The van der Waals surface area contributed by atoms with Crippen LogP contribution in [0.1, 0.15) is 18.2 Å². The van der Waals surface area contributed by atoms with Crippen LogP contribution in [0.3, 0.4) is 0 Å². The maximum Gasteiger partial charge on any atom is 0.418 e. The monoisotopic (exact) mass is 494 g/mol. The van der Waals surface area contributed by atoms with Crippen molar-refractivity contribution < 1.29 is 23.9 Å². The molecule has 7 nitrogen and oxygen atoms in total. The molecule has 0 spiro atoms. The van der Waals surface area contributed by atoms with Gasteiger partial charge in [-0.05, 0) is 31.0 Å². The van der Waals surface area contributed by atoms with Gasteiger partial charge in [0.2, 0.25) is 0 Å². The maximum absolute atomic E-state index is 13.3. The number of esters is 1. The van der Waals surface area contributed by atoms with E-state index in [4.69, 9.17) is 9.47 Å². The van der Waals surface area contributed by atoms with Gasteiger partial charge < -0.3 is 14.4 Å². The summed E-state index contributed by atoms with van der Waals surface area (Å²) < 4.78 is 12.1. The smallest absolute Gasteiger partial charge is 0.418 e. The molecule has 1 aromatic carbocycles. The molecule has 3 rings (SSSR count). The molecule has 0 amide bonds. The lowest BCUT2D eigenvalue weighted by Crippen LogP contribution is -2.26. The van der Waals surface area contributed by atoms with Crippen molar-refractivity contribution in [1.82, 2.24) is 9.47 Å². The van der Waals surface area contributed by atoms with Gasteiger partial charge in [-0.15, -0.1) is 0 Å². The minimum atomic E-state index is -1.40. The standard InChI is InChI=1S/C27H34N2O5Si/c1-19(26(31)33-3)25-23(13-15-28-14-9-10-21(18-28)20(2)30)22-11-7-8-12-24(22)29(25)27(32)34-16-17-35(4,5)6/h7-12,18H,1,13-17H2,2-6H3. The second-order valence-corrected chi connectivity index (χ2v) is 15.5. The number of ether oxygens (including phenoxy) is 2. The topological polar surface area (TPSA) is 77.8 Å². The first-order valence-electron chi connectivity index (χ1n) is 11.7. The first-order valence-corrected chi connectivity index (χ1v) is 15.4. The second kappa shape index (κ2) is 10.9. The summed E-state index contributed by atoms with van der Waals surface area (Å²) in [6, 6.07) is 8.35. The normalized spacial score (nSPS) is 13.5. The fourth-order valence-electron chi connectivity index (χ4n) is 4.02. The van der Waals surface area contributed by atoms with Gasteiger partial charge in [-0.2, -0.15) is 0 Å². The molecule has 0 atom stereocenters. The number of para-hydroxylation sites is 1. The highest BCUT2D eigenvalue weighted by Crippen LogP contribution is 2.32. The van der Waals surface area contributed by atoms with E-state index in [2.05, 4.69) is 26.2 Å². The van der Waals surface area contributed by atoms with Crippen molar-refractivity contribution in [3.63, 3.8) is 0 Å². The zero-order chi connectivity index (χ0) is 25.8. The lowest BCUT2D eigenvalue weighted by Gasteiger charge is -2.23. The van der Waals surface area contributed by atoms with E-state index in [1.54, 1.807) is 6.92 Å². The van der Waals surface area contributed by atoms with Crippen LogP contribution in [0.15, 0.2) is 54.8 Å². The molecule has 0 saturated heterocycles. The van der Waals surface area contributed by atoms with Crippen LogP contribution in [0.2, 0.25) is 25.7 Å². The highest BCUT2D eigenvalue weighted by molar-refractivity contribution is 6.76. The van der Waals surface area contributed by atoms with Crippen LogP contribution in [0.4, 0.5) is 4.79 Å². The van der Waals surface area contributed by atoms with E-state index >= 15 is 0 Å². The predicted molar refractivity (Wildman–Crippen MR) is 141 cm³/mol. The number of Topliss-reactive ketones (excluding diaryl/α,β-unsaturated/α-hetero) is 1. The van der Waals surface area contributed by atoms with Crippen molar-refractivity contribution in [2.75, 3.05) is 26.8 Å². The third-order valence-electron chi connectivity index (χ3n) is 5.97. The molecule has 1 aliphatic heterocycles. The van der Waals surface area contributed by atoms with Crippen molar-refractivity contribution >= 4 is 42.4 Å². The van der Waals surface area contributed by atoms with E-state index in [-0.39, 0.29) is 11.4 Å². The van der Waals surface area contributed by atoms with Gasteiger partial charge in [0.05, 0.1) is 30.5 Å². The average molecular weight is 495 g/mol. The summed E-state index contributed by atoms with van der Waals surface area (Å²) in [7, 11) is -0.105. The Kier molecular flexibility index (Phi) is 8.17. The van der Waals surface area contributed by atoms with Crippen LogP contribution in [-0.2, 0) is 25.5 Å². The number of methoxy groups -OCH3 is 1. The molecule has 1 aliphatic rings. The zero-order valence-electron chi connectivity index (χ0n) is 21.2. The summed E-state index contributed by atoms with van der Waals surface area (Å²) in [6.07, 6.45) is 5.61. The summed E-state index contributed by atoms with van der Waals surface area (Å²) >= 11 is 0. The molecule has 2 heterocycles. The summed E-state index contributed by atoms with van der Waals surface area (Å²) in [5, 5.41) is 0.845. The lowest BCUT2D eigenvalue weighted by atomic mass is 10.0. The molecule has 0 N–H and O–H groups in total. The van der Waals surface area contributed by atoms with Crippen LogP contribution < -0.4 is 0 Å². The number of benzene rings is 1. The van der Waals surface area contributed by atoms with Crippen molar-refractivity contribution in [1.29, 1.82) is 0 Å². The molecule has 0 fully saturated rings. The summed E-state index contributed by atoms with van der Waals surface area (Å²) in [5.41, 5.74) is 2.60. The number of fused-ring (bicyclic) bond motifs is 1. The van der Waals surface area contributed by atoms with Gasteiger partial charge in [0, 0.05) is 38.3 Å². The number of carbonyl (C=O) groups is 3. The molecular weight excluding hydrogens is 460 g/mol. The van der Waals surface area contributed by atoms with Crippen LogP contribution >= 0.6 is 0 Å². The molecule has 0 bridgehead atoms. The van der Waals surface area contributed by atoms with E-state index in [9.17, 15) is 14.4 Å². The van der Waals surface area contributed by atoms with Crippen LogP contribution in [0.5, 0.6) is 0 Å². The quantitative estimate of drug-likeness (QED) is 0.276. The third-order valence-corrected chi connectivity index (χ3v) is 7.68. The van der Waals surface area contributed by atoms with Gasteiger partial charge in [0.25, 0.3) is 0 Å². The Labute approximate surface area is 207 Å². The van der Waals surface area contributed by atoms with E-state index in [1.165, 1.54) is 11.7 Å². The molecule has 0 radical (unpaired) electrons. The Morgan fingerprint density at radius 3 is 2.51 bits per heavy atom. The number of nitrogens with zero attached hydrogens (tertiary/aromatic N) is 2. The molecule has 8 heteroatoms. The fraction of sp³-hybridized carbons (Fsp3) is 0.370. The molecule has 2 aromatic rings. The highest BCUT2D eigenvalue weighted by atomic mass is 28.3. The molecular formula is C27H34N2O5Si. The summed E-state index contributed by atoms with van der Waals surface area (Å²) in [4.78, 5) is 39.7. The first kappa shape index (κ1) is 26.2. The van der Waals surface area contributed by atoms with Crippen molar-refractivity contribution in [2.24, 2.45) is 0 Å². The molecule has 0 aliphatic carbocycles. The molecule has 186 valence electrons. The highest BCUT2D eigenvalue weighted by Gasteiger charge is 2.28. The van der Waals surface area contributed by atoms with E-state index < -0.39 is 20.1 Å². The Balaban J connectivity index is 2.02. The minimum absolute atomic E-state index is 0.00312. The first-order chi connectivity index (χ1) is 16.5. The average Bonchev–Trinajstić information content (AvgIpc) is 3.15. The van der Waals surface area contributed by atoms with Crippen LogP contribution in [0.25, 0.3) is 16.5 Å². The molecule has 0 unspecified atom stereocenters. The predicted octanol–water partition coefficient (Wildman–Crippen LogP) is 5.04.